The molecule has 0 bridgehead atoms. The molecule has 0 aromatic carbocycles. The Morgan fingerprint density at radius 3 is 1.68 bits per heavy atom. The van der Waals surface area contributed by atoms with Crippen molar-refractivity contribution in [2.24, 2.45) is 11.7 Å². The van der Waals surface area contributed by atoms with Crippen LogP contribution in [0, 0.1) is 5.92 Å². The maximum atomic E-state index is 12.5. The van der Waals surface area contributed by atoms with Gasteiger partial charge in [-0.05, 0) is 34.5 Å². The number of fused-ring (bicyclic) bond motifs is 2. The summed E-state index contributed by atoms with van der Waals surface area (Å²) < 4.78 is 9.68. The first kappa shape index (κ1) is 54.4. The summed E-state index contributed by atoms with van der Waals surface area (Å²) in [5.74, 6) is -4.01. The largest absolute Gasteiger partial charge is 1.00 e. The minimum atomic E-state index is -1.23. The molecular formula is C34H36ClN3Na2O15S4. The zero-order valence-electron chi connectivity index (χ0n) is 33.0. The number of halogens is 1. The van der Waals surface area contributed by atoms with Crippen LogP contribution in [-0.2, 0) is 70.4 Å². The van der Waals surface area contributed by atoms with E-state index in [0.717, 1.165) is 9.75 Å². The molecule has 25 heteroatoms. The molecule has 0 aliphatic carbocycles. The van der Waals surface area contributed by atoms with Crippen molar-refractivity contribution in [1.82, 2.24) is 9.80 Å². The summed E-state index contributed by atoms with van der Waals surface area (Å²) in [5, 5.41) is 29.9. The first-order chi connectivity index (χ1) is 27.0. The van der Waals surface area contributed by atoms with E-state index in [1.54, 1.807) is 11.3 Å². The summed E-state index contributed by atoms with van der Waals surface area (Å²) in [6.45, 7) is 2.03. The number of esters is 2. The summed E-state index contributed by atoms with van der Waals surface area (Å²) in [5.41, 5.74) is 6.18. The molecule has 0 unspecified atom stereocenters. The van der Waals surface area contributed by atoms with Crippen molar-refractivity contribution in [3.8, 4) is 0 Å². The third-order valence-corrected chi connectivity index (χ3v) is 12.5. The van der Waals surface area contributed by atoms with Crippen molar-refractivity contribution in [2.75, 3.05) is 24.7 Å². The Bertz CT molecular complexity index is 1920. The smallest absolute Gasteiger partial charge is 1.00 e. The number of nitrogens with two attached hydrogens (primary N) is 1. The van der Waals surface area contributed by atoms with Gasteiger partial charge < -0.3 is 37.0 Å². The quantitative estimate of drug-likeness (QED) is 0.0324. The van der Waals surface area contributed by atoms with Crippen LogP contribution in [0.2, 0.25) is 0 Å². The van der Waals surface area contributed by atoms with Gasteiger partial charge in [0.2, 0.25) is 17.1 Å². The Kier molecular flexibility index (Phi) is 24.6. The molecule has 4 atom stereocenters. The SMILES string of the molecule is CC(=O)OCC1=C(C(=O)O)N2C(=O)[C@@H](CC(=O)Cc3cccs3)[C@H]2SC1.CC(=O)OCC1=C(C(=O)O)N2C(=O)[C@@H](N)[C@H]2SC1.O=C(Cl)Cc1cccs1.O=CO[O-].[H-].[Na+].[Na+]. The molecule has 2 aromatic rings. The maximum Gasteiger partial charge on any atom is 1.00 e. The first-order valence-corrected chi connectivity index (χ1v) is 20.5. The van der Waals surface area contributed by atoms with Crippen LogP contribution in [0.25, 0.3) is 0 Å². The van der Waals surface area contributed by atoms with E-state index in [4.69, 9.17) is 42.0 Å². The molecule has 2 saturated heterocycles. The van der Waals surface area contributed by atoms with Crippen molar-refractivity contribution in [1.29, 1.82) is 0 Å². The van der Waals surface area contributed by atoms with Crippen molar-refractivity contribution in [3.63, 3.8) is 0 Å². The van der Waals surface area contributed by atoms with Gasteiger partial charge in [0, 0.05) is 59.1 Å². The van der Waals surface area contributed by atoms with E-state index in [1.165, 1.54) is 58.5 Å². The second kappa shape index (κ2) is 26.7. The second-order valence-electron chi connectivity index (χ2n) is 11.8. The van der Waals surface area contributed by atoms with E-state index in [-0.39, 0.29) is 132 Å². The number of β-lactam (4-membered cyclic amide) rings is 2. The molecule has 6 rings (SSSR count). The number of carbonyl (C=O) groups is 9. The van der Waals surface area contributed by atoms with Gasteiger partial charge in [0.25, 0.3) is 6.47 Å². The van der Waals surface area contributed by atoms with E-state index in [1.807, 2.05) is 35.0 Å². The Morgan fingerprint density at radius 1 is 0.847 bits per heavy atom. The molecule has 2 amide bonds. The number of amides is 2. The first-order valence-electron chi connectivity index (χ1n) is 16.3. The van der Waals surface area contributed by atoms with Crippen molar-refractivity contribution in [2.45, 2.75) is 49.9 Å². The Morgan fingerprint density at radius 2 is 1.29 bits per heavy atom. The number of thioether (sulfide) groups is 2. The molecule has 2 fully saturated rings. The summed E-state index contributed by atoms with van der Waals surface area (Å²) in [4.78, 5) is 107. The number of hydrogen-bond donors (Lipinski definition) is 3. The molecular weight excluding hydrogens is 900 g/mol. The Hall–Kier alpha value is -2.58. The fraction of sp³-hybridized carbons (Fsp3) is 0.382. The van der Waals surface area contributed by atoms with Gasteiger partial charge in [0.1, 0.15) is 41.8 Å². The van der Waals surface area contributed by atoms with Gasteiger partial charge in [-0.3, -0.25) is 43.4 Å². The predicted molar refractivity (Wildman–Crippen MR) is 205 cm³/mol. The molecule has 0 saturated carbocycles. The fourth-order valence-corrected chi connectivity index (χ4v) is 9.80. The topological polar surface area (TPSA) is 277 Å². The third-order valence-electron chi connectivity index (χ3n) is 7.88. The van der Waals surface area contributed by atoms with Crippen LogP contribution >= 0.6 is 57.8 Å². The number of hydrogen-bond acceptors (Lipinski definition) is 18. The average Bonchev–Trinajstić information content (AvgIpc) is 3.89. The van der Waals surface area contributed by atoms with Crippen LogP contribution < -0.4 is 70.1 Å². The van der Waals surface area contributed by atoms with E-state index in [2.05, 4.69) is 4.89 Å². The number of Topliss-reactive ketones (excluding diaryl/α,β-unsaturated/α-hetero) is 1. The van der Waals surface area contributed by atoms with Gasteiger partial charge in [-0.1, -0.05) is 12.1 Å². The summed E-state index contributed by atoms with van der Waals surface area (Å²) in [7, 11) is 0. The number of rotatable bonds is 13. The molecule has 6 heterocycles. The number of carboxylic acid groups (broad SMARTS) is 2. The van der Waals surface area contributed by atoms with E-state index < -0.39 is 41.7 Å². The van der Waals surface area contributed by atoms with Gasteiger partial charge in [-0.25, -0.2) is 9.59 Å². The molecule has 2 aromatic heterocycles. The molecule has 59 heavy (non-hydrogen) atoms. The van der Waals surface area contributed by atoms with Crippen LogP contribution in [0.3, 0.4) is 0 Å². The number of nitrogens with zero attached hydrogens (tertiary/aromatic N) is 2. The predicted octanol–water partition coefficient (Wildman–Crippen LogP) is -4.58. The van der Waals surface area contributed by atoms with E-state index in [0.29, 0.717) is 29.1 Å². The zero-order valence-corrected chi connectivity index (χ0v) is 40.0. The minimum absolute atomic E-state index is 0. The van der Waals surface area contributed by atoms with Gasteiger partial charge in [0.15, 0.2) is 0 Å². The number of ether oxygens (including phenoxy) is 2. The molecule has 18 nitrogen and oxygen atoms in total. The van der Waals surface area contributed by atoms with Crippen molar-refractivity contribution < 1.29 is 134 Å². The molecule has 4 aliphatic heterocycles. The van der Waals surface area contributed by atoms with E-state index in [9.17, 15) is 43.5 Å². The number of ketones is 1. The summed E-state index contributed by atoms with van der Waals surface area (Å²) >= 11 is 10.9. The Balaban J connectivity index is 0.000000889. The number of carbonyl (C=O) groups excluding carboxylic acids is 7. The molecule has 4 aliphatic rings. The van der Waals surface area contributed by atoms with Crippen LogP contribution in [0.1, 0.15) is 31.4 Å². The minimum Gasteiger partial charge on any atom is -1.00 e. The third kappa shape index (κ3) is 15.7. The van der Waals surface area contributed by atoms with Crippen LogP contribution in [0.4, 0.5) is 0 Å². The van der Waals surface area contributed by atoms with Gasteiger partial charge >= 0.3 is 83.0 Å². The molecule has 4 N–H and O–H groups in total. The zero-order chi connectivity index (χ0) is 42.4. The van der Waals surface area contributed by atoms with Crippen molar-refractivity contribution >= 4 is 111 Å². The number of thiophene rings is 2. The molecule has 0 radical (unpaired) electrons. The van der Waals surface area contributed by atoms with Crippen LogP contribution in [0.15, 0.2) is 57.6 Å². The Labute approximate surface area is 404 Å². The van der Waals surface area contributed by atoms with Crippen LogP contribution in [-0.4, -0.2) is 115 Å². The fourth-order valence-electron chi connectivity index (χ4n) is 5.47. The van der Waals surface area contributed by atoms with Crippen molar-refractivity contribution in [3.05, 3.63) is 67.3 Å². The van der Waals surface area contributed by atoms with Crippen LogP contribution in [0.5, 0.6) is 0 Å². The number of carboxylic acids is 2. The van der Waals surface area contributed by atoms with Gasteiger partial charge in [-0.15, -0.1) is 46.2 Å². The standard InChI is InChI=1S/C17H17NO6S2.C10H12N2O5S.C6H5ClOS.CH2O3.2Na.H/c1-9(19)24-7-10-8-26-16-13(15(21)18(16)14(10)17(22)23)6-11(20)5-12-3-2-4-25-12;1-4(13)17-2-5-3-18-9-6(11)8(14)12(9)7(5)10(15)16;7-6(8)4-5-2-1-3-9-5;2-1-4-3;;;/h2-4,13,16H,5-8H2,1H3,(H,22,23);6,9H,2-3,11H2,1H3,(H,15,16);1-3H,4H2;1,3H;;;/q;;;;2*+1;-1/p-1/t13-,16-;6-,9-;;;;;/m11...../s1. The molecule has 0 spiro atoms. The summed E-state index contributed by atoms with van der Waals surface area (Å²) in [6.07, 6.45) is 0.758. The summed E-state index contributed by atoms with van der Waals surface area (Å²) in [6, 6.07) is 6.89. The monoisotopic (exact) mass is 935 g/mol. The van der Waals surface area contributed by atoms with Gasteiger partial charge in [0.05, 0.1) is 17.7 Å². The second-order valence-corrected chi connectivity index (χ2v) is 16.5. The number of aliphatic carboxylic acids is 2. The van der Waals surface area contributed by atoms with Gasteiger partial charge in [-0.2, -0.15) is 0 Å². The molecule has 310 valence electrons. The van der Waals surface area contributed by atoms with E-state index >= 15 is 0 Å². The average molecular weight is 936 g/mol. The normalized spacial score (nSPS) is 19.5. The maximum absolute atomic E-state index is 12.5.